The molecule has 0 spiro atoms. The van der Waals surface area contributed by atoms with E-state index in [1.54, 1.807) is 7.11 Å². The SMILES string of the molecule is CCC(NC)c1c(C)nn(C(C)CCOC)c1C. The Hall–Kier alpha value is -0.870. The number of methoxy groups -OCH3 is 1. The normalized spacial score (nSPS) is 14.8. The smallest absolute Gasteiger partial charge is 0.0644 e. The van der Waals surface area contributed by atoms with Crippen LogP contribution in [0.5, 0.6) is 0 Å². The maximum Gasteiger partial charge on any atom is 0.0644 e. The summed E-state index contributed by atoms with van der Waals surface area (Å²) in [7, 11) is 3.76. The van der Waals surface area contributed by atoms with Crippen molar-refractivity contribution in [3.8, 4) is 0 Å². The minimum Gasteiger partial charge on any atom is -0.385 e. The number of aryl methyl sites for hydroxylation is 1. The number of nitrogens with one attached hydrogen (secondary N) is 1. The molecule has 2 unspecified atom stereocenters. The highest BCUT2D eigenvalue weighted by Gasteiger charge is 2.20. The number of aromatic nitrogens is 2. The van der Waals surface area contributed by atoms with Crippen molar-refractivity contribution in [2.24, 2.45) is 0 Å². The molecule has 1 aromatic rings. The third-order valence-electron chi connectivity index (χ3n) is 3.64. The Morgan fingerprint density at radius 1 is 1.39 bits per heavy atom. The first-order valence-electron chi connectivity index (χ1n) is 6.78. The molecule has 0 radical (unpaired) electrons. The Bertz CT molecular complexity index is 369. The highest BCUT2D eigenvalue weighted by molar-refractivity contribution is 5.28. The van der Waals surface area contributed by atoms with E-state index in [2.05, 4.69) is 37.7 Å². The van der Waals surface area contributed by atoms with Crippen LogP contribution >= 0.6 is 0 Å². The van der Waals surface area contributed by atoms with Gasteiger partial charge in [-0.25, -0.2) is 0 Å². The molecule has 4 nitrogen and oxygen atoms in total. The van der Waals surface area contributed by atoms with Crippen LogP contribution < -0.4 is 5.32 Å². The molecule has 0 amide bonds. The van der Waals surface area contributed by atoms with Crippen molar-refractivity contribution in [3.63, 3.8) is 0 Å². The molecular formula is C14H27N3O. The standard InChI is InChI=1S/C14H27N3O/c1-7-13(15-5)14-11(3)16-17(12(14)4)10(2)8-9-18-6/h10,13,15H,7-9H2,1-6H3. The molecule has 104 valence electrons. The Balaban J connectivity index is 2.99. The third-order valence-corrected chi connectivity index (χ3v) is 3.64. The van der Waals surface area contributed by atoms with Crippen LogP contribution in [0.3, 0.4) is 0 Å². The predicted molar refractivity (Wildman–Crippen MR) is 75.0 cm³/mol. The molecule has 18 heavy (non-hydrogen) atoms. The zero-order valence-electron chi connectivity index (χ0n) is 12.6. The Labute approximate surface area is 111 Å². The summed E-state index contributed by atoms with van der Waals surface area (Å²) < 4.78 is 7.29. The summed E-state index contributed by atoms with van der Waals surface area (Å²) in [5.74, 6) is 0. The fourth-order valence-electron chi connectivity index (χ4n) is 2.57. The van der Waals surface area contributed by atoms with Gasteiger partial charge in [0.05, 0.1) is 11.7 Å². The van der Waals surface area contributed by atoms with Crippen LogP contribution in [0.15, 0.2) is 0 Å². The monoisotopic (exact) mass is 253 g/mol. The van der Waals surface area contributed by atoms with Gasteiger partial charge in [-0.3, -0.25) is 4.68 Å². The molecular weight excluding hydrogens is 226 g/mol. The molecule has 0 aliphatic heterocycles. The van der Waals surface area contributed by atoms with Crippen molar-refractivity contribution in [1.82, 2.24) is 15.1 Å². The summed E-state index contributed by atoms with van der Waals surface area (Å²) in [6.45, 7) is 9.44. The van der Waals surface area contributed by atoms with Gasteiger partial charge in [-0.15, -0.1) is 0 Å². The summed E-state index contributed by atoms with van der Waals surface area (Å²) in [6, 6.07) is 0.778. The molecule has 2 atom stereocenters. The quantitative estimate of drug-likeness (QED) is 0.812. The topological polar surface area (TPSA) is 39.1 Å². The number of hydrogen-bond acceptors (Lipinski definition) is 3. The molecule has 1 rings (SSSR count). The minimum atomic E-state index is 0.381. The molecule has 0 fully saturated rings. The van der Waals surface area contributed by atoms with Crippen molar-refractivity contribution < 1.29 is 4.74 Å². The first-order valence-corrected chi connectivity index (χ1v) is 6.78. The summed E-state index contributed by atoms with van der Waals surface area (Å²) in [4.78, 5) is 0. The summed E-state index contributed by atoms with van der Waals surface area (Å²) >= 11 is 0. The lowest BCUT2D eigenvalue weighted by Crippen LogP contribution is -2.17. The van der Waals surface area contributed by atoms with Crippen LogP contribution in [0.25, 0.3) is 0 Å². The summed E-state index contributed by atoms with van der Waals surface area (Å²) in [6.07, 6.45) is 2.07. The van der Waals surface area contributed by atoms with Crippen LogP contribution in [0.4, 0.5) is 0 Å². The second kappa shape index (κ2) is 6.90. The molecule has 0 aliphatic rings. The van der Waals surface area contributed by atoms with E-state index >= 15 is 0 Å². The molecule has 1 N–H and O–H groups in total. The van der Waals surface area contributed by atoms with Gasteiger partial charge in [0.1, 0.15) is 0 Å². The van der Waals surface area contributed by atoms with Crippen LogP contribution in [-0.4, -0.2) is 30.5 Å². The molecule has 4 heteroatoms. The van der Waals surface area contributed by atoms with Crippen molar-refractivity contribution >= 4 is 0 Å². The molecule has 1 aromatic heterocycles. The fraction of sp³-hybridized carbons (Fsp3) is 0.786. The Morgan fingerprint density at radius 3 is 2.56 bits per heavy atom. The second-order valence-corrected chi connectivity index (χ2v) is 4.91. The van der Waals surface area contributed by atoms with Crippen LogP contribution in [0.1, 0.15) is 55.7 Å². The maximum absolute atomic E-state index is 5.15. The van der Waals surface area contributed by atoms with E-state index in [1.807, 2.05) is 7.05 Å². The number of rotatable bonds is 7. The Kier molecular flexibility index (Phi) is 5.82. The minimum absolute atomic E-state index is 0.381. The Morgan fingerprint density at radius 2 is 2.06 bits per heavy atom. The maximum atomic E-state index is 5.15. The molecule has 0 aliphatic carbocycles. The van der Waals surface area contributed by atoms with Gasteiger partial charge >= 0.3 is 0 Å². The van der Waals surface area contributed by atoms with Gasteiger partial charge in [0.25, 0.3) is 0 Å². The average molecular weight is 253 g/mol. The van der Waals surface area contributed by atoms with Crippen LogP contribution in [-0.2, 0) is 4.74 Å². The van der Waals surface area contributed by atoms with Crippen molar-refractivity contribution in [2.45, 2.75) is 52.6 Å². The van der Waals surface area contributed by atoms with Crippen molar-refractivity contribution in [2.75, 3.05) is 20.8 Å². The van der Waals surface area contributed by atoms with E-state index in [0.29, 0.717) is 12.1 Å². The van der Waals surface area contributed by atoms with Gasteiger partial charge in [-0.2, -0.15) is 5.10 Å². The van der Waals surface area contributed by atoms with Gasteiger partial charge in [0.15, 0.2) is 0 Å². The highest BCUT2D eigenvalue weighted by atomic mass is 16.5. The van der Waals surface area contributed by atoms with E-state index in [1.165, 1.54) is 11.3 Å². The summed E-state index contributed by atoms with van der Waals surface area (Å²) in [5.41, 5.74) is 3.76. The first kappa shape index (κ1) is 15.2. The van der Waals surface area contributed by atoms with E-state index in [9.17, 15) is 0 Å². The van der Waals surface area contributed by atoms with E-state index in [0.717, 1.165) is 25.1 Å². The number of ether oxygens (including phenoxy) is 1. The lowest BCUT2D eigenvalue weighted by atomic mass is 10.0. The third kappa shape index (κ3) is 3.12. The predicted octanol–water partition coefficient (Wildman–Crippen LogP) is 2.77. The van der Waals surface area contributed by atoms with E-state index in [4.69, 9.17) is 9.84 Å². The zero-order valence-corrected chi connectivity index (χ0v) is 12.6. The molecule has 0 saturated carbocycles. The molecule has 1 heterocycles. The van der Waals surface area contributed by atoms with Gasteiger partial charge in [0.2, 0.25) is 0 Å². The van der Waals surface area contributed by atoms with Crippen molar-refractivity contribution in [3.05, 3.63) is 17.0 Å². The van der Waals surface area contributed by atoms with Gasteiger partial charge in [-0.05, 0) is 40.7 Å². The average Bonchev–Trinajstić information content (AvgIpc) is 2.65. The second-order valence-electron chi connectivity index (χ2n) is 4.91. The molecule has 0 bridgehead atoms. The van der Waals surface area contributed by atoms with E-state index in [-0.39, 0.29) is 0 Å². The lowest BCUT2D eigenvalue weighted by molar-refractivity contribution is 0.178. The van der Waals surface area contributed by atoms with Crippen LogP contribution in [0, 0.1) is 13.8 Å². The lowest BCUT2D eigenvalue weighted by Gasteiger charge is -2.17. The van der Waals surface area contributed by atoms with Crippen LogP contribution in [0.2, 0.25) is 0 Å². The van der Waals surface area contributed by atoms with Gasteiger partial charge in [0, 0.05) is 31.0 Å². The summed E-state index contributed by atoms with van der Waals surface area (Å²) in [5, 5.41) is 8.07. The van der Waals surface area contributed by atoms with Crippen molar-refractivity contribution in [1.29, 1.82) is 0 Å². The largest absolute Gasteiger partial charge is 0.385 e. The number of hydrogen-bond donors (Lipinski definition) is 1. The fourth-order valence-corrected chi connectivity index (χ4v) is 2.57. The van der Waals surface area contributed by atoms with Gasteiger partial charge < -0.3 is 10.1 Å². The zero-order chi connectivity index (χ0) is 13.7. The molecule has 0 saturated heterocycles. The molecule has 0 aromatic carbocycles. The number of nitrogens with zero attached hydrogens (tertiary/aromatic N) is 2. The van der Waals surface area contributed by atoms with E-state index < -0.39 is 0 Å². The highest BCUT2D eigenvalue weighted by Crippen LogP contribution is 2.26. The first-order chi connectivity index (χ1) is 8.56. The van der Waals surface area contributed by atoms with Gasteiger partial charge in [-0.1, -0.05) is 6.92 Å².